The van der Waals surface area contributed by atoms with Gasteiger partial charge in [0, 0.05) is 5.69 Å². The maximum absolute atomic E-state index is 12.4. The molecule has 0 saturated carbocycles. The first-order valence-electron chi connectivity index (χ1n) is 9.98. The second kappa shape index (κ2) is 10.3. The first kappa shape index (κ1) is 20.5. The summed E-state index contributed by atoms with van der Waals surface area (Å²) >= 11 is 0. The molecule has 0 saturated heterocycles. The number of benzene rings is 3. The summed E-state index contributed by atoms with van der Waals surface area (Å²) in [5.74, 6) is 0.587. The van der Waals surface area contributed by atoms with Crippen LogP contribution in [-0.4, -0.2) is 19.1 Å². The van der Waals surface area contributed by atoms with Crippen LogP contribution in [0.1, 0.15) is 23.1 Å². The molecule has 0 aliphatic heterocycles. The molecule has 0 aliphatic carbocycles. The lowest BCUT2D eigenvalue weighted by Gasteiger charge is -2.13. The molecule has 0 unspecified atom stereocenters. The maximum Gasteiger partial charge on any atom is 0.243 e. The number of rotatable bonds is 9. The lowest BCUT2D eigenvalue weighted by Crippen LogP contribution is -2.22. The van der Waals surface area contributed by atoms with Crippen molar-refractivity contribution in [3.05, 3.63) is 89.5 Å². The Morgan fingerprint density at radius 1 is 0.897 bits per heavy atom. The van der Waals surface area contributed by atoms with Gasteiger partial charge in [-0.1, -0.05) is 48.5 Å². The van der Waals surface area contributed by atoms with Gasteiger partial charge in [-0.05, 0) is 67.6 Å². The van der Waals surface area contributed by atoms with Crippen LogP contribution in [0.3, 0.4) is 0 Å². The Labute approximate surface area is 172 Å². The summed E-state index contributed by atoms with van der Waals surface area (Å²) in [7, 11) is 0. The van der Waals surface area contributed by atoms with Crippen LogP contribution in [0.25, 0.3) is 0 Å². The Balaban J connectivity index is 1.48. The number of para-hydroxylation sites is 2. The molecule has 0 heterocycles. The zero-order valence-electron chi connectivity index (χ0n) is 17.1. The van der Waals surface area contributed by atoms with Crippen LogP contribution in [0.4, 0.5) is 11.4 Å². The number of hydrogen-bond acceptors (Lipinski definition) is 3. The van der Waals surface area contributed by atoms with E-state index in [2.05, 4.69) is 36.6 Å². The minimum absolute atomic E-state index is 0.108. The minimum Gasteiger partial charge on any atom is -0.491 e. The smallest absolute Gasteiger partial charge is 0.243 e. The number of ether oxygens (including phenoxy) is 1. The fourth-order valence-corrected chi connectivity index (χ4v) is 3.03. The number of carbonyl (C=O) groups excluding carboxylic acids is 1. The molecule has 3 aromatic carbocycles. The second-order valence-electron chi connectivity index (χ2n) is 7.13. The molecule has 1 amide bonds. The molecule has 3 rings (SSSR count). The van der Waals surface area contributed by atoms with Crippen molar-refractivity contribution in [2.45, 2.75) is 26.7 Å². The fraction of sp³-hybridized carbons (Fsp3) is 0.240. The molecule has 0 atom stereocenters. The van der Waals surface area contributed by atoms with Gasteiger partial charge in [0.25, 0.3) is 0 Å². The molecule has 0 fully saturated rings. The van der Waals surface area contributed by atoms with Crippen molar-refractivity contribution in [3.63, 3.8) is 0 Å². The summed E-state index contributed by atoms with van der Waals surface area (Å²) in [5.41, 5.74) is 5.37. The quantitative estimate of drug-likeness (QED) is 0.485. The Hall–Kier alpha value is -3.27. The van der Waals surface area contributed by atoms with Crippen molar-refractivity contribution < 1.29 is 9.53 Å². The Morgan fingerprint density at radius 2 is 1.66 bits per heavy atom. The van der Waals surface area contributed by atoms with Gasteiger partial charge in [-0.25, -0.2) is 0 Å². The van der Waals surface area contributed by atoms with E-state index >= 15 is 0 Å². The third kappa shape index (κ3) is 6.39. The van der Waals surface area contributed by atoms with Gasteiger partial charge in [-0.3, -0.25) is 4.79 Å². The third-order valence-electron chi connectivity index (χ3n) is 4.83. The lowest BCUT2D eigenvalue weighted by atomic mass is 10.1. The van der Waals surface area contributed by atoms with Crippen LogP contribution in [0.2, 0.25) is 0 Å². The van der Waals surface area contributed by atoms with Crippen LogP contribution >= 0.6 is 0 Å². The van der Waals surface area contributed by atoms with E-state index in [-0.39, 0.29) is 12.5 Å². The molecule has 4 nitrogen and oxygen atoms in total. The van der Waals surface area contributed by atoms with Crippen molar-refractivity contribution in [3.8, 4) is 5.75 Å². The van der Waals surface area contributed by atoms with Gasteiger partial charge >= 0.3 is 0 Å². The zero-order valence-corrected chi connectivity index (χ0v) is 17.1. The highest BCUT2D eigenvalue weighted by Crippen LogP contribution is 2.24. The molecular weight excluding hydrogens is 360 g/mol. The van der Waals surface area contributed by atoms with Gasteiger partial charge in [0.15, 0.2) is 0 Å². The zero-order chi connectivity index (χ0) is 20.5. The largest absolute Gasteiger partial charge is 0.491 e. The Morgan fingerprint density at radius 3 is 2.45 bits per heavy atom. The van der Waals surface area contributed by atoms with E-state index < -0.39 is 0 Å². The van der Waals surface area contributed by atoms with Crippen molar-refractivity contribution in [2.75, 3.05) is 23.8 Å². The summed E-state index contributed by atoms with van der Waals surface area (Å²) in [6, 6.07) is 24.0. The molecule has 2 N–H and O–H groups in total. The summed E-state index contributed by atoms with van der Waals surface area (Å²) in [5, 5.41) is 6.11. The van der Waals surface area contributed by atoms with E-state index in [1.807, 2.05) is 60.7 Å². The van der Waals surface area contributed by atoms with E-state index in [1.165, 1.54) is 16.7 Å². The van der Waals surface area contributed by atoms with Gasteiger partial charge in [-0.2, -0.15) is 0 Å². The number of carbonyl (C=O) groups is 1. The number of nitrogens with one attached hydrogen (secondary N) is 2. The lowest BCUT2D eigenvalue weighted by molar-refractivity contribution is -0.114. The van der Waals surface area contributed by atoms with Gasteiger partial charge in [0.1, 0.15) is 5.75 Å². The molecule has 29 heavy (non-hydrogen) atoms. The average molecular weight is 389 g/mol. The summed E-state index contributed by atoms with van der Waals surface area (Å²) in [6.45, 7) is 4.93. The molecule has 150 valence electrons. The highest BCUT2D eigenvalue weighted by molar-refractivity contribution is 5.95. The van der Waals surface area contributed by atoms with Crippen LogP contribution in [0, 0.1) is 13.8 Å². The second-order valence-corrected chi connectivity index (χ2v) is 7.13. The van der Waals surface area contributed by atoms with Gasteiger partial charge in [0.05, 0.1) is 18.8 Å². The van der Waals surface area contributed by atoms with Crippen molar-refractivity contribution in [1.82, 2.24) is 0 Å². The molecule has 3 aromatic rings. The topological polar surface area (TPSA) is 50.4 Å². The molecule has 4 heteroatoms. The fourth-order valence-electron chi connectivity index (χ4n) is 3.03. The predicted molar refractivity (Wildman–Crippen MR) is 120 cm³/mol. The van der Waals surface area contributed by atoms with Crippen molar-refractivity contribution >= 4 is 17.3 Å². The minimum atomic E-state index is -0.108. The molecular formula is C25H28N2O2. The number of amides is 1. The number of aryl methyl sites for hydroxylation is 3. The van der Waals surface area contributed by atoms with E-state index in [9.17, 15) is 4.79 Å². The molecule has 0 bridgehead atoms. The number of anilines is 2. The highest BCUT2D eigenvalue weighted by Gasteiger charge is 2.08. The molecule has 0 aliphatic rings. The normalized spacial score (nSPS) is 10.4. The first-order chi connectivity index (χ1) is 14.1. The average Bonchev–Trinajstić information content (AvgIpc) is 2.74. The monoisotopic (exact) mass is 388 g/mol. The SMILES string of the molecule is Cc1ccc(NCC(=O)Nc2ccccc2OCCCc2ccccc2)cc1C. The first-order valence-corrected chi connectivity index (χ1v) is 9.98. The third-order valence-corrected chi connectivity index (χ3v) is 4.83. The van der Waals surface area contributed by atoms with E-state index in [1.54, 1.807) is 0 Å². The summed E-state index contributed by atoms with van der Waals surface area (Å²) < 4.78 is 5.92. The summed E-state index contributed by atoms with van der Waals surface area (Å²) in [4.78, 5) is 12.4. The van der Waals surface area contributed by atoms with Crippen LogP contribution in [0.5, 0.6) is 5.75 Å². The maximum atomic E-state index is 12.4. The molecule has 0 spiro atoms. The Bertz CT molecular complexity index is 939. The highest BCUT2D eigenvalue weighted by atomic mass is 16.5. The van der Waals surface area contributed by atoms with E-state index in [4.69, 9.17) is 4.74 Å². The van der Waals surface area contributed by atoms with Crippen molar-refractivity contribution in [1.29, 1.82) is 0 Å². The van der Waals surface area contributed by atoms with E-state index in [0.29, 0.717) is 18.0 Å². The van der Waals surface area contributed by atoms with E-state index in [0.717, 1.165) is 18.5 Å². The standard InChI is InChI=1S/C25H28N2O2/c1-19-14-15-22(17-20(19)2)26-18-25(28)27-23-12-6-7-13-24(23)29-16-8-11-21-9-4-3-5-10-21/h3-7,9-10,12-15,17,26H,8,11,16,18H2,1-2H3,(H,27,28). The molecule has 0 radical (unpaired) electrons. The Kier molecular flexibility index (Phi) is 7.28. The predicted octanol–water partition coefficient (Wildman–Crippen LogP) is 5.37. The van der Waals surface area contributed by atoms with Crippen LogP contribution < -0.4 is 15.4 Å². The van der Waals surface area contributed by atoms with Crippen LogP contribution in [0.15, 0.2) is 72.8 Å². The van der Waals surface area contributed by atoms with Gasteiger partial charge in [0.2, 0.25) is 5.91 Å². The van der Waals surface area contributed by atoms with Gasteiger partial charge < -0.3 is 15.4 Å². The van der Waals surface area contributed by atoms with Gasteiger partial charge in [-0.15, -0.1) is 0 Å². The molecule has 0 aromatic heterocycles. The summed E-state index contributed by atoms with van der Waals surface area (Å²) in [6.07, 6.45) is 1.88. The number of hydrogen-bond donors (Lipinski definition) is 2. The van der Waals surface area contributed by atoms with Crippen molar-refractivity contribution in [2.24, 2.45) is 0 Å². The van der Waals surface area contributed by atoms with Crippen LogP contribution in [-0.2, 0) is 11.2 Å².